The molecule has 0 radical (unpaired) electrons. The Morgan fingerprint density at radius 2 is 1.43 bits per heavy atom. The number of hydrogen-bond acceptors (Lipinski definition) is 7. The molecule has 7 nitrogen and oxygen atoms in total. The average molecular weight is 390 g/mol. The van der Waals surface area contributed by atoms with Crippen molar-refractivity contribution in [2.75, 3.05) is 35.2 Å². The molecule has 7 heteroatoms. The summed E-state index contributed by atoms with van der Waals surface area (Å²) in [6.45, 7) is 1.93. The smallest absolute Gasteiger partial charge is 0.231 e. The number of aliphatic hydroxyl groups excluding tert-OH is 1. The Bertz CT molecular complexity index is 807. The van der Waals surface area contributed by atoms with Crippen molar-refractivity contribution in [2.45, 2.75) is 25.4 Å². The lowest BCUT2D eigenvalue weighted by atomic mass is 9.85. The van der Waals surface area contributed by atoms with Crippen molar-refractivity contribution in [3.05, 3.63) is 35.4 Å². The maximum absolute atomic E-state index is 10.2. The molecular formula is C21H26O7. The van der Waals surface area contributed by atoms with Crippen LogP contribution >= 0.6 is 0 Å². The van der Waals surface area contributed by atoms with Crippen LogP contribution in [0.3, 0.4) is 0 Å². The molecule has 0 saturated heterocycles. The molecule has 0 fully saturated rings. The van der Waals surface area contributed by atoms with Gasteiger partial charge in [0.15, 0.2) is 23.0 Å². The van der Waals surface area contributed by atoms with Gasteiger partial charge in [0.1, 0.15) is 5.75 Å². The van der Waals surface area contributed by atoms with E-state index >= 15 is 0 Å². The largest absolute Gasteiger partial charge is 0.496 e. The van der Waals surface area contributed by atoms with Gasteiger partial charge in [0, 0.05) is 17.5 Å². The van der Waals surface area contributed by atoms with Gasteiger partial charge in [-0.1, -0.05) is 0 Å². The Kier molecular flexibility index (Phi) is 6.04. The van der Waals surface area contributed by atoms with Crippen molar-refractivity contribution in [3.63, 3.8) is 0 Å². The standard InChI is InChI=1S/C21H26O7/c1-12(22)6-14(13-7-19(24-3)21(26-5)20(8-13)25-4)15-9-17-18(28-11-27-17)10-16(15)23-2/h7-10,12,14,22H,6,11H2,1-5H3. The van der Waals surface area contributed by atoms with E-state index in [9.17, 15) is 5.11 Å². The average Bonchev–Trinajstić information content (AvgIpc) is 3.17. The minimum absolute atomic E-state index is 0.174. The summed E-state index contributed by atoms with van der Waals surface area (Å²) in [5.74, 6) is 3.36. The number of methoxy groups -OCH3 is 4. The lowest BCUT2D eigenvalue weighted by molar-refractivity contribution is 0.173. The maximum atomic E-state index is 10.2. The molecule has 0 saturated carbocycles. The molecule has 1 heterocycles. The second-order valence-electron chi connectivity index (χ2n) is 6.54. The van der Waals surface area contributed by atoms with Crippen molar-refractivity contribution in [2.24, 2.45) is 0 Å². The summed E-state index contributed by atoms with van der Waals surface area (Å²) in [6, 6.07) is 7.49. The third-order valence-corrected chi connectivity index (χ3v) is 4.77. The van der Waals surface area contributed by atoms with Crippen LogP contribution in [0.15, 0.2) is 24.3 Å². The Hall–Kier alpha value is -2.80. The van der Waals surface area contributed by atoms with Gasteiger partial charge in [-0.25, -0.2) is 0 Å². The minimum atomic E-state index is -0.542. The van der Waals surface area contributed by atoms with Crippen LogP contribution in [0.2, 0.25) is 0 Å². The first kappa shape index (κ1) is 19.9. The molecule has 1 N–H and O–H groups in total. The van der Waals surface area contributed by atoms with Crippen LogP contribution in [-0.4, -0.2) is 46.4 Å². The SMILES string of the molecule is COc1cc2c(cc1C(CC(C)O)c1cc(OC)c(OC)c(OC)c1)OCO2. The molecule has 0 aliphatic carbocycles. The highest BCUT2D eigenvalue weighted by Gasteiger charge is 2.27. The monoisotopic (exact) mass is 390 g/mol. The van der Waals surface area contributed by atoms with E-state index in [1.807, 2.05) is 24.3 Å². The number of aliphatic hydroxyl groups is 1. The molecule has 1 aliphatic rings. The molecule has 0 amide bonds. The normalized spacial score (nSPS) is 14.4. The summed E-state index contributed by atoms with van der Waals surface area (Å²) in [5.41, 5.74) is 1.77. The predicted octanol–water partition coefficient (Wildman–Crippen LogP) is 3.35. The second-order valence-corrected chi connectivity index (χ2v) is 6.54. The Morgan fingerprint density at radius 3 is 1.93 bits per heavy atom. The molecular weight excluding hydrogens is 364 g/mol. The van der Waals surface area contributed by atoms with Gasteiger partial charge in [0.05, 0.1) is 34.5 Å². The van der Waals surface area contributed by atoms with E-state index in [0.29, 0.717) is 40.9 Å². The highest BCUT2D eigenvalue weighted by Crippen LogP contribution is 2.47. The Morgan fingerprint density at radius 1 is 0.857 bits per heavy atom. The van der Waals surface area contributed by atoms with Crippen LogP contribution in [0.4, 0.5) is 0 Å². The second kappa shape index (κ2) is 8.48. The first-order valence-corrected chi connectivity index (χ1v) is 8.97. The molecule has 152 valence electrons. The zero-order valence-corrected chi connectivity index (χ0v) is 16.8. The molecule has 1 aliphatic heterocycles. The van der Waals surface area contributed by atoms with E-state index in [0.717, 1.165) is 11.1 Å². The lowest BCUT2D eigenvalue weighted by Crippen LogP contribution is -2.12. The van der Waals surface area contributed by atoms with E-state index < -0.39 is 6.10 Å². The molecule has 0 spiro atoms. The number of ether oxygens (including phenoxy) is 6. The topological polar surface area (TPSA) is 75.6 Å². The van der Waals surface area contributed by atoms with Crippen LogP contribution < -0.4 is 28.4 Å². The molecule has 2 atom stereocenters. The van der Waals surface area contributed by atoms with Crippen molar-refractivity contribution in [1.29, 1.82) is 0 Å². The summed E-state index contributed by atoms with van der Waals surface area (Å²) < 4.78 is 33.0. The highest BCUT2D eigenvalue weighted by atomic mass is 16.7. The first-order chi connectivity index (χ1) is 13.5. The van der Waals surface area contributed by atoms with Crippen LogP contribution in [0.1, 0.15) is 30.4 Å². The molecule has 3 rings (SSSR count). The zero-order chi connectivity index (χ0) is 20.3. The van der Waals surface area contributed by atoms with Crippen LogP contribution in [-0.2, 0) is 0 Å². The van der Waals surface area contributed by atoms with Gasteiger partial charge < -0.3 is 33.5 Å². The zero-order valence-electron chi connectivity index (χ0n) is 16.8. The van der Waals surface area contributed by atoms with Gasteiger partial charge in [0.25, 0.3) is 0 Å². The fraction of sp³-hybridized carbons (Fsp3) is 0.429. The fourth-order valence-corrected chi connectivity index (χ4v) is 3.47. The lowest BCUT2D eigenvalue weighted by Gasteiger charge is -2.24. The predicted molar refractivity (Wildman–Crippen MR) is 103 cm³/mol. The van der Waals surface area contributed by atoms with Crippen molar-refractivity contribution >= 4 is 0 Å². The van der Waals surface area contributed by atoms with Gasteiger partial charge in [0.2, 0.25) is 12.5 Å². The highest BCUT2D eigenvalue weighted by molar-refractivity contribution is 5.59. The van der Waals surface area contributed by atoms with E-state index in [1.54, 1.807) is 35.4 Å². The maximum Gasteiger partial charge on any atom is 0.231 e. The Labute approximate surface area is 164 Å². The number of hydrogen-bond donors (Lipinski definition) is 1. The molecule has 2 unspecified atom stereocenters. The van der Waals surface area contributed by atoms with E-state index in [4.69, 9.17) is 28.4 Å². The third-order valence-electron chi connectivity index (χ3n) is 4.77. The summed E-state index contributed by atoms with van der Waals surface area (Å²) >= 11 is 0. The van der Waals surface area contributed by atoms with Crippen molar-refractivity contribution in [1.82, 2.24) is 0 Å². The summed E-state index contributed by atoms with van der Waals surface area (Å²) in [7, 11) is 6.32. The van der Waals surface area contributed by atoms with Crippen molar-refractivity contribution < 1.29 is 33.5 Å². The molecule has 0 aromatic heterocycles. The quantitative estimate of drug-likeness (QED) is 0.741. The number of fused-ring (bicyclic) bond motifs is 1. The van der Waals surface area contributed by atoms with Crippen LogP contribution in [0, 0.1) is 0 Å². The molecule has 28 heavy (non-hydrogen) atoms. The fourth-order valence-electron chi connectivity index (χ4n) is 3.47. The van der Waals surface area contributed by atoms with Crippen LogP contribution in [0.25, 0.3) is 0 Å². The van der Waals surface area contributed by atoms with Gasteiger partial charge in [-0.15, -0.1) is 0 Å². The Balaban J connectivity index is 2.17. The number of benzene rings is 2. The molecule has 2 aromatic carbocycles. The van der Waals surface area contributed by atoms with Gasteiger partial charge in [-0.2, -0.15) is 0 Å². The van der Waals surface area contributed by atoms with Crippen molar-refractivity contribution in [3.8, 4) is 34.5 Å². The third kappa shape index (κ3) is 3.75. The van der Waals surface area contributed by atoms with Gasteiger partial charge in [-0.3, -0.25) is 0 Å². The van der Waals surface area contributed by atoms with E-state index in [-0.39, 0.29) is 12.7 Å². The minimum Gasteiger partial charge on any atom is -0.496 e. The van der Waals surface area contributed by atoms with Gasteiger partial charge in [-0.05, 0) is 37.1 Å². The van der Waals surface area contributed by atoms with Crippen LogP contribution in [0.5, 0.6) is 34.5 Å². The summed E-state index contributed by atoms with van der Waals surface area (Å²) in [5, 5.41) is 10.2. The number of rotatable bonds is 8. The van der Waals surface area contributed by atoms with E-state index in [1.165, 1.54) is 0 Å². The molecule has 0 bridgehead atoms. The molecule has 2 aromatic rings. The van der Waals surface area contributed by atoms with Gasteiger partial charge >= 0.3 is 0 Å². The van der Waals surface area contributed by atoms with E-state index in [2.05, 4.69) is 0 Å². The first-order valence-electron chi connectivity index (χ1n) is 8.97. The summed E-state index contributed by atoms with van der Waals surface area (Å²) in [4.78, 5) is 0. The summed E-state index contributed by atoms with van der Waals surface area (Å²) in [6.07, 6.45) is -0.0755.